The van der Waals surface area contributed by atoms with Crippen molar-refractivity contribution in [2.24, 2.45) is 5.73 Å². The maximum Gasteiger partial charge on any atom is 0.323 e. The zero-order valence-corrected chi connectivity index (χ0v) is 17.6. The second-order valence-electron chi connectivity index (χ2n) is 7.60. The van der Waals surface area contributed by atoms with Crippen LogP contribution in [0.3, 0.4) is 0 Å². The Hall–Kier alpha value is -0.690. The van der Waals surface area contributed by atoms with Gasteiger partial charge in [0.25, 0.3) is 0 Å². The van der Waals surface area contributed by atoms with Crippen LogP contribution in [-0.4, -0.2) is 54.1 Å². The Morgan fingerprint density at radius 1 is 1.00 bits per heavy atom. The van der Waals surface area contributed by atoms with E-state index in [9.17, 15) is 15.0 Å². The van der Waals surface area contributed by atoms with Crippen molar-refractivity contribution < 1.29 is 19.7 Å². The van der Waals surface area contributed by atoms with Gasteiger partial charge in [0.2, 0.25) is 0 Å². The van der Waals surface area contributed by atoms with E-state index in [1.54, 1.807) is 6.92 Å². The number of hydrogen-bond donors (Lipinski definition) is 4. The van der Waals surface area contributed by atoms with Gasteiger partial charge in [-0.2, -0.15) is 0 Å². The largest absolute Gasteiger partial charge is 0.480 e. The number of carboxylic acids is 1. The minimum atomic E-state index is -0.944. The summed E-state index contributed by atoms with van der Waals surface area (Å²) in [5.74, 6) is -0.944. The van der Waals surface area contributed by atoms with Gasteiger partial charge >= 0.3 is 5.97 Å². The van der Waals surface area contributed by atoms with Crippen LogP contribution in [0.2, 0.25) is 0 Å². The van der Waals surface area contributed by atoms with Gasteiger partial charge in [-0.15, -0.1) is 0 Å². The number of unbranched alkanes of at least 4 members (excludes halogenated alkanes) is 9. The number of hydrogen-bond acceptors (Lipinski definition) is 5. The summed E-state index contributed by atoms with van der Waals surface area (Å²) in [4.78, 5) is 11.6. The summed E-state index contributed by atoms with van der Waals surface area (Å²) in [6.07, 6.45) is 12.9. The molecule has 2 unspecified atom stereocenters. The monoisotopic (exact) mass is 388 g/mol. The molecule has 0 saturated heterocycles. The van der Waals surface area contributed by atoms with Crippen molar-refractivity contribution in [3.8, 4) is 0 Å². The Labute approximate surface area is 166 Å². The maximum atomic E-state index is 11.6. The normalized spacial score (nSPS) is 14.8. The molecule has 5 N–H and O–H groups in total. The molecule has 0 aliphatic heterocycles. The highest BCUT2D eigenvalue weighted by Gasteiger charge is 2.28. The lowest BCUT2D eigenvalue weighted by Gasteiger charge is -2.26. The SMILES string of the molecule is CCCCCCCCCCCCOC(CCCN)[C@H](NCC(C)O)C(=O)O. The van der Waals surface area contributed by atoms with Gasteiger partial charge in [-0.25, -0.2) is 0 Å². The Balaban J connectivity index is 4.00. The Morgan fingerprint density at radius 3 is 2.04 bits per heavy atom. The second-order valence-corrected chi connectivity index (χ2v) is 7.60. The van der Waals surface area contributed by atoms with E-state index in [0.717, 1.165) is 19.3 Å². The average Bonchev–Trinajstić information content (AvgIpc) is 2.62. The lowest BCUT2D eigenvalue weighted by molar-refractivity contribution is -0.144. The van der Waals surface area contributed by atoms with Gasteiger partial charge in [0, 0.05) is 13.2 Å². The van der Waals surface area contributed by atoms with Crippen molar-refractivity contribution in [1.29, 1.82) is 0 Å². The molecule has 0 aliphatic rings. The molecule has 0 aromatic heterocycles. The van der Waals surface area contributed by atoms with E-state index < -0.39 is 24.2 Å². The Bertz CT molecular complexity index is 340. The van der Waals surface area contributed by atoms with E-state index in [1.165, 1.54) is 51.4 Å². The molecule has 0 saturated carbocycles. The molecule has 0 aromatic rings. The zero-order chi connectivity index (χ0) is 20.3. The maximum absolute atomic E-state index is 11.6. The molecule has 0 bridgehead atoms. The van der Waals surface area contributed by atoms with Crippen molar-refractivity contribution in [2.45, 2.75) is 109 Å². The van der Waals surface area contributed by atoms with Crippen LogP contribution in [-0.2, 0) is 9.53 Å². The van der Waals surface area contributed by atoms with Crippen molar-refractivity contribution in [3.05, 3.63) is 0 Å². The molecule has 6 nitrogen and oxygen atoms in total. The predicted molar refractivity (Wildman–Crippen MR) is 111 cm³/mol. The van der Waals surface area contributed by atoms with Crippen LogP contribution >= 0.6 is 0 Å². The van der Waals surface area contributed by atoms with Crippen LogP contribution in [0, 0.1) is 0 Å². The summed E-state index contributed by atoms with van der Waals surface area (Å²) in [6, 6.07) is -0.811. The zero-order valence-electron chi connectivity index (χ0n) is 17.6. The third kappa shape index (κ3) is 16.0. The van der Waals surface area contributed by atoms with Crippen LogP contribution in [0.15, 0.2) is 0 Å². The van der Waals surface area contributed by atoms with E-state index in [1.807, 2.05) is 0 Å². The molecule has 0 radical (unpaired) electrons. The van der Waals surface area contributed by atoms with Gasteiger partial charge in [0.05, 0.1) is 12.2 Å². The molecular formula is C21H44N2O4. The fourth-order valence-corrected chi connectivity index (χ4v) is 3.16. The van der Waals surface area contributed by atoms with Crippen LogP contribution in [0.5, 0.6) is 0 Å². The molecule has 0 heterocycles. The molecule has 162 valence electrons. The first-order valence-electron chi connectivity index (χ1n) is 11.0. The highest BCUT2D eigenvalue weighted by Crippen LogP contribution is 2.13. The molecule has 0 spiro atoms. The van der Waals surface area contributed by atoms with E-state index >= 15 is 0 Å². The van der Waals surface area contributed by atoms with E-state index in [-0.39, 0.29) is 6.54 Å². The van der Waals surface area contributed by atoms with Crippen molar-refractivity contribution in [2.75, 3.05) is 19.7 Å². The van der Waals surface area contributed by atoms with Gasteiger partial charge in [-0.05, 0) is 32.7 Å². The van der Waals surface area contributed by atoms with E-state index in [4.69, 9.17) is 10.5 Å². The van der Waals surface area contributed by atoms with Gasteiger partial charge in [-0.3, -0.25) is 10.1 Å². The molecule has 3 atom stereocenters. The lowest BCUT2D eigenvalue weighted by Crippen LogP contribution is -2.49. The molecule has 0 aliphatic carbocycles. The van der Waals surface area contributed by atoms with Crippen molar-refractivity contribution >= 4 is 5.97 Å². The standard InChI is InChI=1S/C21H44N2O4/c1-3-4-5-6-7-8-9-10-11-12-16-27-19(14-13-15-22)20(21(25)26)23-17-18(2)24/h18-20,23-24H,3-17,22H2,1-2H3,(H,25,26)/t18?,19?,20-/m0/s1. The average molecular weight is 389 g/mol. The molecule has 27 heavy (non-hydrogen) atoms. The fraction of sp³-hybridized carbons (Fsp3) is 0.952. The third-order valence-electron chi connectivity index (χ3n) is 4.79. The summed E-state index contributed by atoms with van der Waals surface area (Å²) >= 11 is 0. The topological polar surface area (TPSA) is 105 Å². The number of aliphatic hydroxyl groups is 1. The van der Waals surface area contributed by atoms with Crippen LogP contribution in [0.4, 0.5) is 0 Å². The Kier molecular flexibility index (Phi) is 18.2. The minimum absolute atomic E-state index is 0.234. The molecular weight excluding hydrogens is 344 g/mol. The first kappa shape index (κ1) is 26.3. The first-order chi connectivity index (χ1) is 13.0. The molecule has 0 amide bonds. The number of carboxylic acid groups (broad SMARTS) is 1. The van der Waals surface area contributed by atoms with E-state index in [0.29, 0.717) is 19.6 Å². The quantitative estimate of drug-likeness (QED) is 0.238. The van der Waals surface area contributed by atoms with Crippen molar-refractivity contribution in [1.82, 2.24) is 5.32 Å². The highest BCUT2D eigenvalue weighted by molar-refractivity contribution is 5.74. The second kappa shape index (κ2) is 18.7. The summed E-state index contributed by atoms with van der Waals surface area (Å²) in [6.45, 7) is 5.19. The number of aliphatic hydroxyl groups excluding tert-OH is 1. The minimum Gasteiger partial charge on any atom is -0.480 e. The smallest absolute Gasteiger partial charge is 0.323 e. The fourth-order valence-electron chi connectivity index (χ4n) is 3.16. The van der Waals surface area contributed by atoms with Crippen molar-refractivity contribution in [3.63, 3.8) is 0 Å². The number of nitrogens with one attached hydrogen (secondary N) is 1. The Morgan fingerprint density at radius 2 is 1.56 bits per heavy atom. The van der Waals surface area contributed by atoms with E-state index in [2.05, 4.69) is 12.2 Å². The molecule has 0 rings (SSSR count). The molecule has 0 fully saturated rings. The first-order valence-corrected chi connectivity index (χ1v) is 11.0. The summed E-state index contributed by atoms with van der Waals surface area (Å²) in [7, 11) is 0. The van der Waals surface area contributed by atoms with Crippen LogP contribution in [0.25, 0.3) is 0 Å². The highest BCUT2D eigenvalue weighted by atomic mass is 16.5. The number of rotatable bonds is 20. The number of nitrogens with two attached hydrogens (primary N) is 1. The van der Waals surface area contributed by atoms with Gasteiger partial charge < -0.3 is 20.7 Å². The number of carbonyl (C=O) groups is 1. The molecule has 6 heteroatoms. The predicted octanol–water partition coefficient (Wildman–Crippen LogP) is 3.46. The molecule has 0 aromatic carbocycles. The summed E-state index contributed by atoms with van der Waals surface area (Å²) in [5, 5.41) is 21.8. The van der Waals surface area contributed by atoms with Gasteiger partial charge in [-0.1, -0.05) is 64.7 Å². The third-order valence-corrected chi connectivity index (χ3v) is 4.79. The number of aliphatic carboxylic acids is 1. The lowest BCUT2D eigenvalue weighted by atomic mass is 10.0. The summed E-state index contributed by atoms with van der Waals surface area (Å²) < 4.78 is 5.89. The van der Waals surface area contributed by atoms with Crippen LogP contribution < -0.4 is 11.1 Å². The van der Waals surface area contributed by atoms with Crippen LogP contribution in [0.1, 0.15) is 90.9 Å². The summed E-state index contributed by atoms with van der Waals surface area (Å²) in [5.41, 5.74) is 5.57. The van der Waals surface area contributed by atoms with Gasteiger partial charge in [0.1, 0.15) is 6.04 Å². The number of ether oxygens (including phenoxy) is 1. The van der Waals surface area contributed by atoms with Gasteiger partial charge in [0.15, 0.2) is 0 Å².